The minimum absolute atomic E-state index is 0.234. The summed E-state index contributed by atoms with van der Waals surface area (Å²) in [7, 11) is 2.93. The number of nitrogens with one attached hydrogen (secondary N) is 1. The lowest BCUT2D eigenvalue weighted by atomic mass is 9.99. The molecule has 0 aliphatic carbocycles. The fraction of sp³-hybridized carbons (Fsp3) is 0.444. The number of esters is 2. The van der Waals surface area contributed by atoms with Crippen LogP contribution in [0, 0.1) is 0 Å². The monoisotopic (exact) mass is 348 g/mol. The van der Waals surface area contributed by atoms with E-state index in [1.54, 1.807) is 14.0 Å². The molecular formula is C18H24N2O5. The third-order valence-corrected chi connectivity index (χ3v) is 4.01. The molecule has 1 atom stereocenters. The Morgan fingerprint density at radius 2 is 2.04 bits per heavy atom. The van der Waals surface area contributed by atoms with Crippen LogP contribution in [0.2, 0.25) is 0 Å². The number of carbonyl (C=O) groups excluding carboxylic acids is 2. The van der Waals surface area contributed by atoms with Gasteiger partial charge >= 0.3 is 11.9 Å². The number of methoxy groups -OCH3 is 2. The van der Waals surface area contributed by atoms with E-state index in [1.165, 1.54) is 7.11 Å². The molecule has 0 aliphatic heterocycles. The molecule has 1 aromatic carbocycles. The predicted octanol–water partition coefficient (Wildman–Crippen LogP) is 2.18. The summed E-state index contributed by atoms with van der Waals surface area (Å²) in [5, 5.41) is 0.857. The molecule has 136 valence electrons. The number of aromatic nitrogens is 1. The Morgan fingerprint density at radius 3 is 2.68 bits per heavy atom. The molecule has 0 aliphatic rings. The number of aromatic amines is 1. The molecule has 0 bridgehead atoms. The first kappa shape index (κ1) is 18.8. The van der Waals surface area contributed by atoms with Crippen molar-refractivity contribution in [1.29, 1.82) is 0 Å². The maximum absolute atomic E-state index is 12.3. The molecular weight excluding hydrogens is 324 g/mol. The van der Waals surface area contributed by atoms with Crippen LogP contribution < -0.4 is 10.5 Å². The molecule has 0 saturated carbocycles. The average molecular weight is 348 g/mol. The van der Waals surface area contributed by atoms with Crippen LogP contribution in [0.3, 0.4) is 0 Å². The van der Waals surface area contributed by atoms with Crippen LogP contribution in [-0.4, -0.2) is 43.8 Å². The Bertz CT molecular complexity index is 753. The van der Waals surface area contributed by atoms with Crippen molar-refractivity contribution in [2.45, 2.75) is 32.2 Å². The zero-order valence-electron chi connectivity index (χ0n) is 14.8. The number of hydrogen-bond acceptors (Lipinski definition) is 6. The number of rotatable bonds is 8. The number of hydrogen-bond donors (Lipinski definition) is 2. The van der Waals surface area contributed by atoms with Gasteiger partial charge in [-0.05, 0) is 43.5 Å². The summed E-state index contributed by atoms with van der Waals surface area (Å²) in [5.74, 6) is -0.0409. The zero-order valence-corrected chi connectivity index (χ0v) is 14.8. The van der Waals surface area contributed by atoms with Gasteiger partial charge in [0.15, 0.2) is 0 Å². The third-order valence-electron chi connectivity index (χ3n) is 4.01. The highest BCUT2D eigenvalue weighted by molar-refractivity contribution is 5.98. The van der Waals surface area contributed by atoms with Gasteiger partial charge in [-0.3, -0.25) is 4.79 Å². The van der Waals surface area contributed by atoms with Crippen LogP contribution in [0.25, 0.3) is 10.9 Å². The summed E-state index contributed by atoms with van der Waals surface area (Å²) in [4.78, 5) is 26.7. The normalized spacial score (nSPS) is 12.0. The van der Waals surface area contributed by atoms with Crippen molar-refractivity contribution in [2.75, 3.05) is 20.8 Å². The minimum atomic E-state index is -0.423. The Hall–Kier alpha value is -2.54. The molecule has 0 saturated heterocycles. The van der Waals surface area contributed by atoms with E-state index in [0.717, 1.165) is 16.5 Å². The van der Waals surface area contributed by atoms with Crippen molar-refractivity contribution in [3.05, 3.63) is 29.5 Å². The smallest absolute Gasteiger partial charge is 0.355 e. The topological polar surface area (TPSA) is 104 Å². The number of fused-ring (bicyclic) bond motifs is 1. The molecule has 1 unspecified atom stereocenters. The van der Waals surface area contributed by atoms with Crippen LogP contribution in [0.4, 0.5) is 0 Å². The van der Waals surface area contributed by atoms with Gasteiger partial charge in [0.05, 0.1) is 20.8 Å². The summed E-state index contributed by atoms with van der Waals surface area (Å²) in [6.07, 6.45) is 1.13. The van der Waals surface area contributed by atoms with Crippen molar-refractivity contribution in [1.82, 2.24) is 4.98 Å². The highest BCUT2D eigenvalue weighted by Gasteiger charge is 2.21. The maximum atomic E-state index is 12.3. The second-order valence-corrected chi connectivity index (χ2v) is 5.69. The molecule has 1 aromatic heterocycles. The van der Waals surface area contributed by atoms with E-state index < -0.39 is 5.97 Å². The predicted molar refractivity (Wildman–Crippen MR) is 93.7 cm³/mol. The summed E-state index contributed by atoms with van der Waals surface area (Å²) in [6.45, 7) is 2.04. The molecule has 0 spiro atoms. The molecule has 0 radical (unpaired) electrons. The highest BCUT2D eigenvalue weighted by atomic mass is 16.5. The van der Waals surface area contributed by atoms with E-state index in [1.807, 2.05) is 18.2 Å². The summed E-state index contributed by atoms with van der Waals surface area (Å²) in [5.41, 5.74) is 8.13. The van der Waals surface area contributed by atoms with Crippen LogP contribution in [0.15, 0.2) is 18.2 Å². The van der Waals surface area contributed by atoms with Crippen LogP contribution >= 0.6 is 0 Å². The lowest BCUT2D eigenvalue weighted by Gasteiger charge is -2.12. The molecule has 7 nitrogen and oxygen atoms in total. The highest BCUT2D eigenvalue weighted by Crippen LogP contribution is 2.28. The quantitative estimate of drug-likeness (QED) is 0.709. The van der Waals surface area contributed by atoms with Crippen LogP contribution in [0.1, 0.15) is 35.8 Å². The molecule has 2 aromatic rings. The summed E-state index contributed by atoms with van der Waals surface area (Å²) in [6, 6.07) is 5.23. The first-order chi connectivity index (χ1) is 12.0. The Kier molecular flexibility index (Phi) is 6.41. The van der Waals surface area contributed by atoms with E-state index in [0.29, 0.717) is 24.3 Å². The Labute approximate surface area is 146 Å². The molecule has 3 N–H and O–H groups in total. The fourth-order valence-corrected chi connectivity index (χ4v) is 2.71. The standard InChI is InChI=1S/C18H24N2O5/c1-4-25-18(22)17-14(9-11(19)5-8-16(21)24-3)13-10-12(23-2)6-7-15(13)20-17/h6-7,10-11,20H,4-5,8-9,19H2,1-3H3. The summed E-state index contributed by atoms with van der Waals surface area (Å²) >= 11 is 0. The van der Waals surface area contributed by atoms with E-state index in [-0.39, 0.29) is 25.0 Å². The summed E-state index contributed by atoms with van der Waals surface area (Å²) < 4.78 is 15.0. The molecule has 1 heterocycles. The van der Waals surface area contributed by atoms with Crippen molar-refractivity contribution in [2.24, 2.45) is 5.73 Å². The van der Waals surface area contributed by atoms with E-state index in [9.17, 15) is 9.59 Å². The Morgan fingerprint density at radius 1 is 1.28 bits per heavy atom. The van der Waals surface area contributed by atoms with Gasteiger partial charge < -0.3 is 24.9 Å². The number of carbonyl (C=O) groups is 2. The van der Waals surface area contributed by atoms with Gasteiger partial charge in [-0.15, -0.1) is 0 Å². The van der Waals surface area contributed by atoms with Gasteiger partial charge in [-0.2, -0.15) is 0 Å². The lowest BCUT2D eigenvalue weighted by molar-refractivity contribution is -0.140. The molecule has 0 fully saturated rings. The third kappa shape index (κ3) is 4.51. The number of benzene rings is 1. The van der Waals surface area contributed by atoms with Crippen molar-refractivity contribution < 1.29 is 23.8 Å². The molecule has 0 amide bonds. The van der Waals surface area contributed by atoms with Crippen molar-refractivity contribution >= 4 is 22.8 Å². The van der Waals surface area contributed by atoms with Crippen molar-refractivity contribution in [3.8, 4) is 5.75 Å². The van der Waals surface area contributed by atoms with E-state index in [4.69, 9.17) is 15.2 Å². The largest absolute Gasteiger partial charge is 0.497 e. The zero-order chi connectivity index (χ0) is 18.4. The number of nitrogens with two attached hydrogens (primary N) is 1. The molecule has 25 heavy (non-hydrogen) atoms. The lowest BCUT2D eigenvalue weighted by Crippen LogP contribution is -2.25. The Balaban J connectivity index is 2.34. The van der Waals surface area contributed by atoms with Crippen LogP contribution in [-0.2, 0) is 20.7 Å². The van der Waals surface area contributed by atoms with Gasteiger partial charge in [-0.25, -0.2) is 4.79 Å². The first-order valence-corrected chi connectivity index (χ1v) is 8.18. The van der Waals surface area contributed by atoms with Gasteiger partial charge in [-0.1, -0.05) is 0 Å². The second kappa shape index (κ2) is 8.53. The van der Waals surface area contributed by atoms with Gasteiger partial charge in [0.1, 0.15) is 11.4 Å². The van der Waals surface area contributed by atoms with Gasteiger partial charge in [0.25, 0.3) is 0 Å². The number of H-pyrrole nitrogens is 1. The van der Waals surface area contributed by atoms with Crippen LogP contribution in [0.5, 0.6) is 5.75 Å². The van der Waals surface area contributed by atoms with Gasteiger partial charge in [0.2, 0.25) is 0 Å². The van der Waals surface area contributed by atoms with E-state index >= 15 is 0 Å². The fourth-order valence-electron chi connectivity index (χ4n) is 2.71. The second-order valence-electron chi connectivity index (χ2n) is 5.69. The van der Waals surface area contributed by atoms with Gasteiger partial charge in [0, 0.05) is 23.4 Å². The number of ether oxygens (including phenoxy) is 3. The maximum Gasteiger partial charge on any atom is 0.355 e. The molecule has 7 heteroatoms. The SMILES string of the molecule is CCOC(=O)c1[nH]c2ccc(OC)cc2c1CC(N)CCC(=O)OC. The average Bonchev–Trinajstić information content (AvgIpc) is 2.97. The minimum Gasteiger partial charge on any atom is -0.497 e. The van der Waals surface area contributed by atoms with Crippen molar-refractivity contribution in [3.63, 3.8) is 0 Å². The molecule has 2 rings (SSSR count). The van der Waals surface area contributed by atoms with E-state index in [2.05, 4.69) is 9.72 Å². The first-order valence-electron chi connectivity index (χ1n) is 8.18.